The molecule has 1 aromatic heterocycles. The van der Waals surface area contributed by atoms with Gasteiger partial charge in [-0.25, -0.2) is 4.98 Å². The van der Waals surface area contributed by atoms with Crippen LogP contribution in [-0.2, 0) is 11.0 Å². The van der Waals surface area contributed by atoms with E-state index in [0.29, 0.717) is 0 Å². The first-order valence-corrected chi connectivity index (χ1v) is 4.53. The van der Waals surface area contributed by atoms with E-state index in [4.69, 9.17) is 10.8 Å². The smallest absolute Gasteiger partial charge is 0.434 e. The van der Waals surface area contributed by atoms with Crippen LogP contribution in [0.4, 0.5) is 19.0 Å². The Hall–Kier alpha value is -2.05. The Morgan fingerprint density at radius 1 is 1.47 bits per heavy atom. The number of anilines is 1. The highest BCUT2D eigenvalue weighted by molar-refractivity contribution is 5.70. The molecule has 0 saturated carbocycles. The number of halogens is 3. The second-order valence-electron chi connectivity index (χ2n) is 3.17. The third-order valence-corrected chi connectivity index (χ3v) is 1.81. The Morgan fingerprint density at radius 3 is 2.65 bits per heavy atom. The molecular formula is C10H9F3N2O2. The molecule has 1 aromatic rings. The lowest BCUT2D eigenvalue weighted by Crippen LogP contribution is -2.11. The van der Waals surface area contributed by atoms with Crippen LogP contribution >= 0.6 is 0 Å². The summed E-state index contributed by atoms with van der Waals surface area (Å²) in [5.74, 6) is -1.37. The monoisotopic (exact) mass is 246 g/mol. The Labute approximate surface area is 94.6 Å². The summed E-state index contributed by atoms with van der Waals surface area (Å²) in [7, 11) is 0. The molecule has 0 aliphatic heterocycles. The summed E-state index contributed by atoms with van der Waals surface area (Å²) in [6, 6.07) is 2.36. The minimum atomic E-state index is -4.63. The molecule has 17 heavy (non-hydrogen) atoms. The highest BCUT2D eigenvalue weighted by atomic mass is 19.4. The summed E-state index contributed by atoms with van der Waals surface area (Å²) in [4.78, 5) is 13.4. The molecule has 1 rings (SSSR count). The van der Waals surface area contributed by atoms with Crippen molar-refractivity contribution in [3.05, 3.63) is 29.5 Å². The molecular weight excluding hydrogens is 237 g/mol. The van der Waals surface area contributed by atoms with Crippen LogP contribution < -0.4 is 5.73 Å². The van der Waals surface area contributed by atoms with Crippen LogP contribution in [0.2, 0.25) is 0 Å². The molecule has 0 amide bonds. The van der Waals surface area contributed by atoms with Crippen LogP contribution in [0.15, 0.2) is 18.2 Å². The summed E-state index contributed by atoms with van der Waals surface area (Å²) in [5.41, 5.74) is 3.83. The second-order valence-corrected chi connectivity index (χ2v) is 3.17. The van der Waals surface area contributed by atoms with Gasteiger partial charge in [0.1, 0.15) is 5.82 Å². The summed E-state index contributed by atoms with van der Waals surface area (Å²) in [5, 5.41) is 8.36. The van der Waals surface area contributed by atoms with Gasteiger partial charge in [0.05, 0.1) is 6.42 Å². The van der Waals surface area contributed by atoms with Gasteiger partial charge in [-0.15, -0.1) is 0 Å². The average molecular weight is 246 g/mol. The van der Waals surface area contributed by atoms with Crippen molar-refractivity contribution >= 4 is 17.9 Å². The number of hydrogen-bond donors (Lipinski definition) is 2. The molecule has 92 valence electrons. The lowest BCUT2D eigenvalue weighted by molar-refractivity contribution is -0.141. The number of nitrogens with zero attached hydrogens (tertiary/aromatic N) is 1. The fourth-order valence-electron chi connectivity index (χ4n) is 1.13. The summed E-state index contributed by atoms with van der Waals surface area (Å²) in [6.07, 6.45) is -2.81. The topological polar surface area (TPSA) is 76.2 Å². The highest BCUT2D eigenvalue weighted by Gasteiger charge is 2.34. The zero-order valence-corrected chi connectivity index (χ0v) is 8.53. The fraction of sp³-hybridized carbons (Fsp3) is 0.200. The van der Waals surface area contributed by atoms with Crippen LogP contribution in [0.5, 0.6) is 0 Å². The van der Waals surface area contributed by atoms with Gasteiger partial charge in [0.2, 0.25) is 0 Å². The maximum absolute atomic E-state index is 12.5. The molecule has 0 aromatic carbocycles. The number of hydrogen-bond acceptors (Lipinski definition) is 3. The second kappa shape index (κ2) is 4.86. The van der Waals surface area contributed by atoms with E-state index < -0.39 is 17.8 Å². The number of alkyl halides is 3. The number of aromatic nitrogens is 1. The Kier molecular flexibility index (Phi) is 3.72. The summed E-state index contributed by atoms with van der Waals surface area (Å²) >= 11 is 0. The number of nitrogen functional groups attached to an aromatic ring is 1. The van der Waals surface area contributed by atoms with Gasteiger partial charge in [0.25, 0.3) is 0 Å². The van der Waals surface area contributed by atoms with Crippen molar-refractivity contribution in [3.8, 4) is 0 Å². The first-order chi connectivity index (χ1) is 7.80. The van der Waals surface area contributed by atoms with Gasteiger partial charge in [-0.3, -0.25) is 4.79 Å². The van der Waals surface area contributed by atoms with Crippen LogP contribution in [0.3, 0.4) is 0 Å². The molecule has 4 nitrogen and oxygen atoms in total. The number of carbonyl (C=O) groups is 1. The summed E-state index contributed by atoms with van der Waals surface area (Å²) in [6.45, 7) is 0. The zero-order valence-electron chi connectivity index (χ0n) is 8.53. The lowest BCUT2D eigenvalue weighted by atomic mass is 10.1. The minimum absolute atomic E-state index is 0.215. The molecule has 0 aliphatic rings. The van der Waals surface area contributed by atoms with Gasteiger partial charge in [0.15, 0.2) is 5.69 Å². The maximum atomic E-state index is 12.5. The van der Waals surface area contributed by atoms with Gasteiger partial charge in [-0.1, -0.05) is 12.2 Å². The first kappa shape index (κ1) is 13.0. The van der Waals surface area contributed by atoms with Crippen molar-refractivity contribution in [3.63, 3.8) is 0 Å². The van der Waals surface area contributed by atoms with E-state index in [1.807, 2.05) is 0 Å². The Morgan fingerprint density at radius 2 is 2.12 bits per heavy atom. The third kappa shape index (κ3) is 3.78. The Bertz CT molecular complexity index is 455. The van der Waals surface area contributed by atoms with Crippen molar-refractivity contribution < 1.29 is 23.1 Å². The SMILES string of the molecule is Nc1ccc(C=CCC(=O)O)c(C(F)(F)F)n1. The molecule has 0 aliphatic carbocycles. The lowest BCUT2D eigenvalue weighted by Gasteiger charge is -2.09. The van der Waals surface area contributed by atoms with Crippen LogP contribution in [0.25, 0.3) is 6.08 Å². The molecule has 0 atom stereocenters. The number of carboxylic acid groups (broad SMARTS) is 1. The van der Waals surface area contributed by atoms with Crippen molar-refractivity contribution in [2.24, 2.45) is 0 Å². The highest BCUT2D eigenvalue weighted by Crippen LogP contribution is 2.31. The number of aliphatic carboxylic acids is 1. The molecule has 0 saturated heterocycles. The van der Waals surface area contributed by atoms with E-state index in [-0.39, 0.29) is 17.8 Å². The predicted molar refractivity (Wildman–Crippen MR) is 54.9 cm³/mol. The predicted octanol–water partition coefficient (Wildman–Crippen LogP) is 2.17. The molecule has 0 fully saturated rings. The van der Waals surface area contributed by atoms with E-state index >= 15 is 0 Å². The third-order valence-electron chi connectivity index (χ3n) is 1.81. The van der Waals surface area contributed by atoms with Gasteiger partial charge < -0.3 is 10.8 Å². The quantitative estimate of drug-likeness (QED) is 0.856. The normalized spacial score (nSPS) is 11.9. The molecule has 0 bridgehead atoms. The first-order valence-electron chi connectivity index (χ1n) is 4.53. The number of nitrogens with two attached hydrogens (primary N) is 1. The zero-order chi connectivity index (χ0) is 13.1. The molecule has 0 unspecified atom stereocenters. The van der Waals surface area contributed by atoms with Crippen LogP contribution in [0, 0.1) is 0 Å². The van der Waals surface area contributed by atoms with Crippen molar-refractivity contribution in [2.75, 3.05) is 5.73 Å². The summed E-state index contributed by atoms with van der Waals surface area (Å²) < 4.78 is 37.6. The van der Waals surface area contributed by atoms with Crippen molar-refractivity contribution in [1.82, 2.24) is 4.98 Å². The van der Waals surface area contributed by atoms with Crippen molar-refractivity contribution in [2.45, 2.75) is 12.6 Å². The molecule has 7 heteroatoms. The van der Waals surface area contributed by atoms with Gasteiger partial charge in [0, 0.05) is 5.56 Å². The molecule has 0 radical (unpaired) electrons. The van der Waals surface area contributed by atoms with Gasteiger partial charge in [-0.05, 0) is 12.1 Å². The van der Waals surface area contributed by atoms with Gasteiger partial charge >= 0.3 is 12.1 Å². The fourth-order valence-corrected chi connectivity index (χ4v) is 1.13. The standard InChI is InChI=1S/C10H9F3N2O2/c11-10(12,13)9-6(2-1-3-8(16)17)4-5-7(14)15-9/h1-2,4-5H,3H2,(H2,14,15)(H,16,17). The van der Waals surface area contributed by atoms with Gasteiger partial charge in [-0.2, -0.15) is 13.2 Å². The molecule has 3 N–H and O–H groups in total. The van der Waals surface area contributed by atoms with E-state index in [0.717, 1.165) is 18.2 Å². The largest absolute Gasteiger partial charge is 0.481 e. The Balaban J connectivity index is 3.07. The number of carboxylic acids is 1. The van der Waals surface area contributed by atoms with Crippen LogP contribution in [-0.4, -0.2) is 16.1 Å². The molecule has 1 heterocycles. The van der Waals surface area contributed by atoms with E-state index in [2.05, 4.69) is 4.98 Å². The average Bonchev–Trinajstić information content (AvgIpc) is 2.18. The molecule has 0 spiro atoms. The number of rotatable bonds is 3. The number of pyridine rings is 1. The van der Waals surface area contributed by atoms with E-state index in [1.165, 1.54) is 6.07 Å². The van der Waals surface area contributed by atoms with E-state index in [1.54, 1.807) is 0 Å². The van der Waals surface area contributed by atoms with E-state index in [9.17, 15) is 18.0 Å². The van der Waals surface area contributed by atoms with Crippen LogP contribution in [0.1, 0.15) is 17.7 Å². The minimum Gasteiger partial charge on any atom is -0.481 e. The maximum Gasteiger partial charge on any atom is 0.434 e. The van der Waals surface area contributed by atoms with Crippen molar-refractivity contribution in [1.29, 1.82) is 0 Å².